The van der Waals surface area contributed by atoms with Crippen LogP contribution in [0, 0.1) is 23.7 Å². The molecule has 0 N–H and O–H groups in total. The van der Waals surface area contributed by atoms with Crippen LogP contribution in [-0.2, 0) is 39.1 Å². The van der Waals surface area contributed by atoms with Gasteiger partial charge in [-0.25, -0.2) is 4.39 Å². The van der Waals surface area contributed by atoms with Crippen molar-refractivity contribution in [2.45, 2.75) is 45.4 Å². The Kier molecular flexibility index (Phi) is 6.88. The molecule has 0 aliphatic heterocycles. The van der Waals surface area contributed by atoms with Crippen LogP contribution in [0.4, 0.5) is 4.39 Å². The standard InChI is InChI=1S/C15H20F.Y/c1-12-5-7-13(8-6-12)9-10-14-3-2-4-15(16)11-14;/h2-3,11-13H,5-10H2,1H3;/q-1;. The molecule has 0 nitrogen and oxygen atoms in total. The predicted molar refractivity (Wildman–Crippen MR) is 64.7 cm³/mol. The van der Waals surface area contributed by atoms with Crippen LogP contribution in [-0.4, -0.2) is 0 Å². The minimum absolute atomic E-state index is 0. The van der Waals surface area contributed by atoms with Crippen LogP contribution in [0.3, 0.4) is 0 Å². The molecule has 0 amide bonds. The summed E-state index contributed by atoms with van der Waals surface area (Å²) in [6.07, 6.45) is 7.72. The molecular weight excluding hydrogens is 288 g/mol. The third-order valence-electron chi connectivity index (χ3n) is 3.81. The molecule has 91 valence electrons. The monoisotopic (exact) mass is 308 g/mol. The molecule has 1 aliphatic rings. The Morgan fingerprint density at radius 2 is 2.00 bits per heavy atom. The summed E-state index contributed by atoms with van der Waals surface area (Å²) in [6, 6.07) is 7.83. The zero-order valence-electron chi connectivity index (χ0n) is 10.6. The molecule has 0 spiro atoms. The van der Waals surface area contributed by atoms with E-state index < -0.39 is 0 Å². The molecule has 1 aliphatic carbocycles. The van der Waals surface area contributed by atoms with Gasteiger partial charge >= 0.3 is 0 Å². The number of aryl methyl sites for hydroxylation is 1. The van der Waals surface area contributed by atoms with E-state index in [4.69, 9.17) is 0 Å². The Hall–Kier alpha value is 0.254. The fourth-order valence-electron chi connectivity index (χ4n) is 2.62. The molecule has 1 saturated carbocycles. The Balaban J connectivity index is 0.00000144. The molecule has 2 rings (SSSR count). The molecule has 0 unspecified atom stereocenters. The minimum atomic E-state index is -0.227. The first-order chi connectivity index (χ1) is 7.74. The van der Waals surface area contributed by atoms with Gasteiger partial charge in [-0.3, -0.25) is 0 Å². The second kappa shape index (κ2) is 7.64. The van der Waals surface area contributed by atoms with Gasteiger partial charge in [0.25, 0.3) is 0 Å². The number of halogens is 1. The van der Waals surface area contributed by atoms with Crippen molar-refractivity contribution in [3.05, 3.63) is 35.6 Å². The largest absolute Gasteiger partial charge is 0.236 e. The maximum absolute atomic E-state index is 12.9. The molecule has 0 saturated heterocycles. The van der Waals surface area contributed by atoms with Gasteiger partial charge < -0.3 is 0 Å². The third-order valence-corrected chi connectivity index (χ3v) is 3.81. The van der Waals surface area contributed by atoms with Gasteiger partial charge in [-0.1, -0.05) is 39.0 Å². The van der Waals surface area contributed by atoms with Crippen molar-refractivity contribution in [3.63, 3.8) is 0 Å². The van der Waals surface area contributed by atoms with Gasteiger partial charge in [0.15, 0.2) is 0 Å². The minimum Gasteiger partial charge on any atom is -0.236 e. The topological polar surface area (TPSA) is 0 Å². The molecule has 0 atom stereocenters. The first-order valence-electron chi connectivity index (χ1n) is 6.40. The van der Waals surface area contributed by atoms with Crippen molar-refractivity contribution >= 4 is 0 Å². The molecule has 1 fully saturated rings. The SMILES string of the molecule is CC1CCC(CCc2cc[c-]c(F)c2)CC1.[Y]. The summed E-state index contributed by atoms with van der Waals surface area (Å²) in [7, 11) is 0. The van der Waals surface area contributed by atoms with Gasteiger partial charge in [0.05, 0.1) is 0 Å². The van der Waals surface area contributed by atoms with Crippen LogP contribution < -0.4 is 0 Å². The van der Waals surface area contributed by atoms with Crippen LogP contribution in [0.2, 0.25) is 0 Å². The van der Waals surface area contributed by atoms with Crippen LogP contribution in [0.1, 0.15) is 44.6 Å². The van der Waals surface area contributed by atoms with Gasteiger partial charge in [0.2, 0.25) is 0 Å². The molecule has 17 heavy (non-hydrogen) atoms. The third kappa shape index (κ3) is 5.18. The van der Waals surface area contributed by atoms with Crippen molar-refractivity contribution < 1.29 is 37.1 Å². The fourth-order valence-corrected chi connectivity index (χ4v) is 2.62. The quantitative estimate of drug-likeness (QED) is 0.727. The van der Waals surface area contributed by atoms with Crippen molar-refractivity contribution in [2.24, 2.45) is 11.8 Å². The van der Waals surface area contributed by atoms with E-state index in [1.165, 1.54) is 32.1 Å². The van der Waals surface area contributed by atoms with E-state index in [0.29, 0.717) is 0 Å². The summed E-state index contributed by atoms with van der Waals surface area (Å²) in [6.45, 7) is 2.35. The predicted octanol–water partition coefficient (Wildman–Crippen LogP) is 4.38. The molecule has 1 radical (unpaired) electrons. The summed E-state index contributed by atoms with van der Waals surface area (Å²) >= 11 is 0. The van der Waals surface area contributed by atoms with Crippen LogP contribution in [0.25, 0.3) is 0 Å². The van der Waals surface area contributed by atoms with Crippen molar-refractivity contribution in [1.29, 1.82) is 0 Å². The molecule has 0 aromatic heterocycles. The molecule has 2 heteroatoms. The molecular formula is C15H20FY-. The summed E-state index contributed by atoms with van der Waals surface area (Å²) in [5, 5.41) is 0. The second-order valence-electron chi connectivity index (χ2n) is 5.21. The smallest absolute Gasteiger partial charge is 0.0111 e. The van der Waals surface area contributed by atoms with Gasteiger partial charge in [-0.15, -0.1) is 12.1 Å². The van der Waals surface area contributed by atoms with Crippen LogP contribution >= 0.6 is 0 Å². The maximum atomic E-state index is 12.9. The van der Waals surface area contributed by atoms with Crippen LogP contribution in [0.5, 0.6) is 0 Å². The number of hydrogen-bond acceptors (Lipinski definition) is 0. The Morgan fingerprint density at radius 1 is 1.29 bits per heavy atom. The molecule has 0 heterocycles. The van der Waals surface area contributed by atoms with E-state index in [1.54, 1.807) is 12.1 Å². The summed E-state index contributed by atoms with van der Waals surface area (Å²) in [5.74, 6) is 1.55. The summed E-state index contributed by atoms with van der Waals surface area (Å²) < 4.78 is 12.9. The van der Waals surface area contributed by atoms with Gasteiger partial charge in [-0.2, -0.15) is 17.7 Å². The van der Waals surface area contributed by atoms with E-state index in [9.17, 15) is 4.39 Å². The Labute approximate surface area is 129 Å². The number of benzene rings is 1. The summed E-state index contributed by atoms with van der Waals surface area (Å²) in [4.78, 5) is 0. The van der Waals surface area contributed by atoms with Gasteiger partial charge in [0.1, 0.15) is 0 Å². The zero-order chi connectivity index (χ0) is 11.4. The average Bonchev–Trinajstić information content (AvgIpc) is 2.28. The van der Waals surface area contributed by atoms with E-state index in [1.807, 2.05) is 6.07 Å². The van der Waals surface area contributed by atoms with E-state index >= 15 is 0 Å². The normalized spacial score (nSPS) is 24.1. The van der Waals surface area contributed by atoms with Gasteiger partial charge in [-0.05, 0) is 18.3 Å². The average molecular weight is 308 g/mol. The number of rotatable bonds is 3. The zero-order valence-corrected chi connectivity index (χ0v) is 13.4. The van der Waals surface area contributed by atoms with E-state index in [2.05, 4.69) is 13.0 Å². The first kappa shape index (κ1) is 15.3. The molecule has 1 aromatic carbocycles. The first-order valence-corrected chi connectivity index (χ1v) is 6.40. The fraction of sp³-hybridized carbons (Fsp3) is 0.600. The summed E-state index contributed by atoms with van der Waals surface area (Å²) in [5.41, 5.74) is 1.12. The van der Waals surface area contributed by atoms with Crippen molar-refractivity contribution in [1.82, 2.24) is 0 Å². The van der Waals surface area contributed by atoms with Gasteiger partial charge in [0, 0.05) is 38.5 Å². The maximum Gasteiger partial charge on any atom is 0.0111 e. The second-order valence-corrected chi connectivity index (χ2v) is 5.21. The van der Waals surface area contributed by atoms with Crippen molar-refractivity contribution in [3.8, 4) is 0 Å². The molecule has 1 aromatic rings. The number of hydrogen-bond donors (Lipinski definition) is 0. The Morgan fingerprint density at radius 3 is 2.65 bits per heavy atom. The Bertz CT molecular complexity index is 329. The van der Waals surface area contributed by atoms with E-state index in [-0.39, 0.29) is 38.5 Å². The molecule has 0 bridgehead atoms. The van der Waals surface area contributed by atoms with E-state index in [0.717, 1.165) is 23.8 Å². The van der Waals surface area contributed by atoms with Crippen molar-refractivity contribution in [2.75, 3.05) is 0 Å². The van der Waals surface area contributed by atoms with Crippen LogP contribution in [0.15, 0.2) is 18.2 Å².